The molecular weight excluding hydrogens is 262 g/mol. The van der Waals surface area contributed by atoms with Gasteiger partial charge in [-0.1, -0.05) is 12.2 Å². The van der Waals surface area contributed by atoms with E-state index >= 15 is 0 Å². The van der Waals surface area contributed by atoms with Gasteiger partial charge in [-0.3, -0.25) is 9.59 Å². The molecule has 0 heterocycles. The second kappa shape index (κ2) is 3.25. The van der Waals surface area contributed by atoms with Gasteiger partial charge in [-0.05, 0) is 30.1 Å². The minimum atomic E-state index is -0.584. The molecule has 4 aliphatic rings. The molecule has 0 aromatic rings. The Morgan fingerprint density at radius 3 is 2.79 bits per heavy atom. The zero-order valence-corrected chi connectivity index (χ0v) is 12.0. The number of rotatable bonds is 2. The molecule has 0 aliphatic heterocycles. The van der Waals surface area contributed by atoms with Gasteiger partial charge in [0.05, 0.1) is 11.3 Å². The van der Waals surface area contributed by atoms with Gasteiger partial charge >= 0.3 is 0 Å². The van der Waals surface area contributed by atoms with Crippen molar-refractivity contribution in [3.8, 4) is 0 Å². The fourth-order valence-electron chi connectivity index (χ4n) is 5.84. The van der Waals surface area contributed by atoms with Crippen LogP contribution in [-0.4, -0.2) is 36.6 Å². The number of ketones is 1. The first-order valence-corrected chi connectivity index (χ1v) is 7.50. The molecule has 7 unspecified atom stereocenters. The van der Waals surface area contributed by atoms with Crippen molar-refractivity contribution in [3.63, 3.8) is 0 Å². The lowest BCUT2D eigenvalue weighted by Gasteiger charge is -2.46. The molecule has 2 bridgehead atoms. The van der Waals surface area contributed by atoms with Crippen molar-refractivity contribution in [2.45, 2.75) is 6.42 Å². The molecule has 0 aromatic heterocycles. The molecule has 0 saturated heterocycles. The van der Waals surface area contributed by atoms with Crippen LogP contribution < -0.4 is 0 Å². The Bertz CT molecular complexity index is 528. The maximum atomic E-state index is 12.8. The first-order chi connectivity index (χ1) is 8.96. The number of carbonyl (C=O) groups excluding carboxylic acids is 2. The van der Waals surface area contributed by atoms with E-state index in [1.807, 2.05) is 0 Å². The molecule has 4 rings (SSSR count). The summed E-state index contributed by atoms with van der Waals surface area (Å²) in [6, 6.07) is 0. The third-order valence-corrected chi connectivity index (χ3v) is 6.84. The average molecular weight is 280 g/mol. The fraction of sp³-hybridized carbons (Fsp3) is 0.733. The smallest absolute Gasteiger partial charge is 0.226 e. The molecule has 102 valence electrons. The van der Waals surface area contributed by atoms with Crippen LogP contribution in [0, 0.1) is 40.9 Å². The van der Waals surface area contributed by atoms with Gasteiger partial charge in [0.1, 0.15) is 5.78 Å². The van der Waals surface area contributed by atoms with Crippen molar-refractivity contribution in [2.75, 3.05) is 20.0 Å². The van der Waals surface area contributed by atoms with E-state index in [1.165, 1.54) is 0 Å². The van der Waals surface area contributed by atoms with E-state index in [-0.39, 0.29) is 23.5 Å². The lowest BCUT2D eigenvalue weighted by molar-refractivity contribution is -0.144. The van der Waals surface area contributed by atoms with Gasteiger partial charge < -0.3 is 4.90 Å². The van der Waals surface area contributed by atoms with E-state index in [1.54, 1.807) is 19.0 Å². The minimum absolute atomic E-state index is 0.0127. The largest absolute Gasteiger partial charge is 0.349 e. The molecular formula is C15H18ClNO2. The molecule has 19 heavy (non-hydrogen) atoms. The summed E-state index contributed by atoms with van der Waals surface area (Å²) in [6.07, 6.45) is 0.994. The molecule has 3 nitrogen and oxygen atoms in total. The Morgan fingerprint density at radius 1 is 1.53 bits per heavy atom. The number of hydrogen-bond acceptors (Lipinski definition) is 2. The van der Waals surface area contributed by atoms with Crippen LogP contribution in [0.4, 0.5) is 0 Å². The Morgan fingerprint density at radius 2 is 2.21 bits per heavy atom. The Labute approximate surface area is 118 Å². The maximum absolute atomic E-state index is 12.8. The number of alkyl halides is 1. The van der Waals surface area contributed by atoms with Gasteiger partial charge in [-0.25, -0.2) is 0 Å². The lowest BCUT2D eigenvalue weighted by Crippen LogP contribution is -2.50. The summed E-state index contributed by atoms with van der Waals surface area (Å²) in [4.78, 5) is 27.1. The third-order valence-electron chi connectivity index (χ3n) is 6.39. The van der Waals surface area contributed by atoms with E-state index in [0.717, 1.165) is 12.0 Å². The Hall–Kier alpha value is -0.830. The second-order valence-corrected chi connectivity index (χ2v) is 7.18. The van der Waals surface area contributed by atoms with Gasteiger partial charge in [-0.15, -0.1) is 11.6 Å². The number of fused-ring (bicyclic) bond motifs is 2. The SMILES string of the molecule is C=C1C2C(=O)C3(CCl)C4CC(C1C24)C3C(=O)N(C)C. The van der Waals surface area contributed by atoms with Crippen LogP contribution in [0.25, 0.3) is 0 Å². The highest BCUT2D eigenvalue weighted by Crippen LogP contribution is 2.79. The summed E-state index contributed by atoms with van der Waals surface area (Å²) >= 11 is 6.23. The highest BCUT2D eigenvalue weighted by molar-refractivity contribution is 6.21. The van der Waals surface area contributed by atoms with Crippen molar-refractivity contribution in [1.82, 2.24) is 4.90 Å². The summed E-state index contributed by atoms with van der Waals surface area (Å²) < 4.78 is 0. The number of amides is 1. The van der Waals surface area contributed by atoms with Crippen LogP contribution in [0.15, 0.2) is 12.2 Å². The predicted octanol–water partition coefficient (Wildman–Crippen LogP) is 1.57. The molecule has 4 heteroatoms. The lowest BCUT2D eigenvalue weighted by atomic mass is 9.57. The normalized spacial score (nSPS) is 52.6. The van der Waals surface area contributed by atoms with Crippen molar-refractivity contribution in [1.29, 1.82) is 0 Å². The van der Waals surface area contributed by atoms with Crippen LogP contribution in [0.5, 0.6) is 0 Å². The average Bonchev–Trinajstić information content (AvgIpc) is 2.87. The second-order valence-electron chi connectivity index (χ2n) is 6.91. The van der Waals surface area contributed by atoms with Crippen molar-refractivity contribution in [3.05, 3.63) is 12.2 Å². The summed E-state index contributed by atoms with van der Waals surface area (Å²) in [6.45, 7) is 4.12. The molecule has 7 atom stereocenters. The topological polar surface area (TPSA) is 37.4 Å². The summed E-state index contributed by atoms with van der Waals surface area (Å²) in [5.74, 6) is 1.91. The summed E-state index contributed by atoms with van der Waals surface area (Å²) in [5.41, 5.74) is 0.502. The van der Waals surface area contributed by atoms with Crippen LogP contribution in [0.2, 0.25) is 0 Å². The molecule has 4 saturated carbocycles. The van der Waals surface area contributed by atoms with E-state index in [9.17, 15) is 9.59 Å². The number of nitrogens with zero attached hydrogens (tertiary/aromatic N) is 1. The number of halogens is 1. The Kier molecular flexibility index (Phi) is 2.04. The van der Waals surface area contributed by atoms with Crippen LogP contribution >= 0.6 is 11.6 Å². The molecule has 4 aliphatic carbocycles. The molecule has 0 N–H and O–H groups in total. The predicted molar refractivity (Wildman–Crippen MR) is 71.6 cm³/mol. The van der Waals surface area contributed by atoms with E-state index in [0.29, 0.717) is 29.6 Å². The van der Waals surface area contributed by atoms with E-state index in [4.69, 9.17) is 11.6 Å². The van der Waals surface area contributed by atoms with Crippen LogP contribution in [-0.2, 0) is 9.59 Å². The summed E-state index contributed by atoms with van der Waals surface area (Å²) in [7, 11) is 3.54. The zero-order chi connectivity index (χ0) is 13.7. The zero-order valence-electron chi connectivity index (χ0n) is 11.2. The monoisotopic (exact) mass is 279 g/mol. The number of allylic oxidation sites excluding steroid dienone is 1. The number of hydrogen-bond donors (Lipinski definition) is 0. The van der Waals surface area contributed by atoms with Crippen molar-refractivity contribution < 1.29 is 9.59 Å². The quantitative estimate of drug-likeness (QED) is 0.568. The summed E-state index contributed by atoms with van der Waals surface area (Å²) in [5, 5.41) is 0. The standard InChI is InChI=1S/C15H18ClNO2/c1-6-9-7-4-8-11(9)10(6)13(18)15(8,5-16)12(7)14(19)17(2)3/h7-12H,1,4-5H2,2-3H3. The van der Waals surface area contributed by atoms with Gasteiger partial charge in [0.15, 0.2) is 0 Å². The van der Waals surface area contributed by atoms with Crippen molar-refractivity contribution in [2.24, 2.45) is 40.9 Å². The molecule has 0 radical (unpaired) electrons. The first kappa shape index (κ1) is 12.0. The van der Waals surface area contributed by atoms with E-state index < -0.39 is 5.41 Å². The third kappa shape index (κ3) is 0.960. The van der Waals surface area contributed by atoms with Gasteiger partial charge in [0.25, 0.3) is 0 Å². The highest BCUT2D eigenvalue weighted by atomic mass is 35.5. The maximum Gasteiger partial charge on any atom is 0.226 e. The number of carbonyl (C=O) groups is 2. The molecule has 4 fully saturated rings. The van der Waals surface area contributed by atoms with Crippen LogP contribution in [0.3, 0.4) is 0 Å². The molecule has 1 amide bonds. The molecule has 0 spiro atoms. The fourth-order valence-corrected chi connectivity index (χ4v) is 6.33. The number of Topliss-reactive ketones (excluding diaryl/α,β-unsaturated/α-hetero) is 1. The Balaban J connectivity index is 1.88. The minimum Gasteiger partial charge on any atom is -0.349 e. The first-order valence-electron chi connectivity index (χ1n) is 6.97. The molecule has 0 aromatic carbocycles. The van der Waals surface area contributed by atoms with Gasteiger partial charge in [0.2, 0.25) is 5.91 Å². The van der Waals surface area contributed by atoms with Crippen LogP contribution in [0.1, 0.15) is 6.42 Å². The highest BCUT2D eigenvalue weighted by Gasteiger charge is 2.81. The van der Waals surface area contributed by atoms with E-state index in [2.05, 4.69) is 6.58 Å². The van der Waals surface area contributed by atoms with Gasteiger partial charge in [-0.2, -0.15) is 0 Å². The van der Waals surface area contributed by atoms with Gasteiger partial charge in [0, 0.05) is 25.9 Å². The van der Waals surface area contributed by atoms with Crippen molar-refractivity contribution >= 4 is 23.3 Å².